The first-order valence-corrected chi connectivity index (χ1v) is 9.18. The lowest BCUT2D eigenvalue weighted by Crippen LogP contribution is -2.54. The van der Waals surface area contributed by atoms with E-state index < -0.39 is 23.8 Å². The van der Waals surface area contributed by atoms with Crippen LogP contribution in [0.2, 0.25) is 0 Å². The number of hydrogen-bond donors (Lipinski definition) is 1. The molecule has 0 aromatic heterocycles. The molecule has 1 aromatic carbocycles. The zero-order chi connectivity index (χ0) is 19.3. The SMILES string of the molecule is CC1CN(c2cccc3c2C(=O)N(C2CCC(=O)NC2=O)C3=O)CCN1C. The van der Waals surface area contributed by atoms with Crippen molar-refractivity contribution in [2.45, 2.75) is 31.8 Å². The molecule has 0 saturated carbocycles. The van der Waals surface area contributed by atoms with Crippen molar-refractivity contribution in [2.24, 2.45) is 0 Å². The summed E-state index contributed by atoms with van der Waals surface area (Å²) in [6, 6.07) is 4.65. The third kappa shape index (κ3) is 2.80. The second-order valence-corrected chi connectivity index (χ2v) is 7.42. The van der Waals surface area contributed by atoms with Crippen molar-refractivity contribution in [1.82, 2.24) is 15.1 Å². The number of nitrogens with one attached hydrogen (secondary N) is 1. The largest absolute Gasteiger partial charge is 0.368 e. The number of benzene rings is 1. The van der Waals surface area contributed by atoms with Crippen LogP contribution in [0.1, 0.15) is 40.5 Å². The minimum absolute atomic E-state index is 0.118. The summed E-state index contributed by atoms with van der Waals surface area (Å²) in [6.07, 6.45) is 0.281. The molecule has 0 spiro atoms. The number of imide groups is 2. The number of fused-ring (bicyclic) bond motifs is 1. The van der Waals surface area contributed by atoms with Gasteiger partial charge in [-0.05, 0) is 32.5 Å². The normalized spacial score (nSPS) is 26.4. The van der Waals surface area contributed by atoms with Crippen LogP contribution in [0.25, 0.3) is 0 Å². The van der Waals surface area contributed by atoms with Crippen molar-refractivity contribution in [3.63, 3.8) is 0 Å². The van der Waals surface area contributed by atoms with E-state index >= 15 is 0 Å². The first kappa shape index (κ1) is 17.7. The lowest BCUT2D eigenvalue weighted by Gasteiger charge is -2.39. The third-order valence-corrected chi connectivity index (χ3v) is 5.75. The van der Waals surface area contributed by atoms with E-state index in [1.807, 2.05) is 6.07 Å². The van der Waals surface area contributed by atoms with E-state index in [0.29, 0.717) is 17.2 Å². The summed E-state index contributed by atoms with van der Waals surface area (Å²) >= 11 is 0. The summed E-state index contributed by atoms with van der Waals surface area (Å²) in [4.78, 5) is 55.1. The standard InChI is InChI=1S/C19H22N4O4/c1-11-10-22(9-8-21(11)2)13-5-3-4-12-16(13)19(27)23(18(12)26)14-6-7-15(24)20-17(14)25/h3-5,11,14H,6-10H2,1-2H3,(H,20,24,25). The van der Waals surface area contributed by atoms with Gasteiger partial charge in [0, 0.05) is 32.1 Å². The molecule has 27 heavy (non-hydrogen) atoms. The highest BCUT2D eigenvalue weighted by Crippen LogP contribution is 2.34. The molecule has 0 aliphatic carbocycles. The van der Waals surface area contributed by atoms with Crippen LogP contribution < -0.4 is 10.2 Å². The Hall–Kier alpha value is -2.74. The molecule has 8 heteroatoms. The maximum absolute atomic E-state index is 13.1. The van der Waals surface area contributed by atoms with Crippen LogP contribution in [-0.2, 0) is 9.59 Å². The summed E-state index contributed by atoms with van der Waals surface area (Å²) < 4.78 is 0. The Morgan fingerprint density at radius 2 is 1.85 bits per heavy atom. The minimum atomic E-state index is -0.936. The molecule has 2 atom stereocenters. The van der Waals surface area contributed by atoms with Crippen molar-refractivity contribution in [3.05, 3.63) is 29.3 Å². The molecule has 3 heterocycles. The minimum Gasteiger partial charge on any atom is -0.368 e. The fourth-order valence-electron chi connectivity index (χ4n) is 4.03. The third-order valence-electron chi connectivity index (χ3n) is 5.75. The maximum atomic E-state index is 13.1. The van der Waals surface area contributed by atoms with Crippen molar-refractivity contribution in [1.29, 1.82) is 0 Å². The molecule has 2 fully saturated rings. The van der Waals surface area contributed by atoms with Crippen LogP contribution in [0.15, 0.2) is 18.2 Å². The second-order valence-electron chi connectivity index (χ2n) is 7.42. The summed E-state index contributed by atoms with van der Waals surface area (Å²) in [5.41, 5.74) is 1.43. The molecule has 142 valence electrons. The number of piperidine rings is 1. The van der Waals surface area contributed by atoms with E-state index in [-0.39, 0.29) is 18.7 Å². The Morgan fingerprint density at radius 3 is 2.56 bits per heavy atom. The van der Waals surface area contributed by atoms with E-state index in [2.05, 4.69) is 29.1 Å². The van der Waals surface area contributed by atoms with Crippen molar-refractivity contribution >= 4 is 29.3 Å². The number of rotatable bonds is 2. The number of piperazine rings is 1. The zero-order valence-electron chi connectivity index (χ0n) is 15.4. The smallest absolute Gasteiger partial charge is 0.264 e. The molecule has 1 N–H and O–H groups in total. The fourth-order valence-corrected chi connectivity index (χ4v) is 4.03. The molecule has 4 amide bonds. The first-order valence-electron chi connectivity index (χ1n) is 9.18. The molecular weight excluding hydrogens is 348 g/mol. The van der Waals surface area contributed by atoms with Gasteiger partial charge in [0.2, 0.25) is 11.8 Å². The molecule has 2 unspecified atom stereocenters. The Balaban J connectivity index is 1.68. The van der Waals surface area contributed by atoms with Crippen LogP contribution >= 0.6 is 0 Å². The van der Waals surface area contributed by atoms with Gasteiger partial charge in [0.05, 0.1) is 16.8 Å². The number of amides is 4. The molecule has 1 aromatic rings. The van der Waals surface area contributed by atoms with Gasteiger partial charge in [-0.2, -0.15) is 0 Å². The van der Waals surface area contributed by atoms with Crippen LogP contribution in [0.5, 0.6) is 0 Å². The quantitative estimate of drug-likeness (QED) is 0.750. The zero-order valence-corrected chi connectivity index (χ0v) is 15.4. The average Bonchev–Trinajstić information content (AvgIpc) is 2.89. The van der Waals surface area contributed by atoms with Gasteiger partial charge in [-0.15, -0.1) is 0 Å². The number of likely N-dealkylation sites (N-methyl/N-ethyl adjacent to an activating group) is 1. The number of anilines is 1. The van der Waals surface area contributed by atoms with E-state index in [9.17, 15) is 19.2 Å². The van der Waals surface area contributed by atoms with Gasteiger partial charge >= 0.3 is 0 Å². The van der Waals surface area contributed by atoms with Gasteiger partial charge in [0.25, 0.3) is 11.8 Å². The monoisotopic (exact) mass is 370 g/mol. The van der Waals surface area contributed by atoms with Gasteiger partial charge in [-0.3, -0.25) is 29.4 Å². The molecular formula is C19H22N4O4. The van der Waals surface area contributed by atoms with Crippen LogP contribution in [0.3, 0.4) is 0 Å². The highest BCUT2D eigenvalue weighted by atomic mass is 16.2. The highest BCUT2D eigenvalue weighted by molar-refractivity contribution is 6.25. The van der Waals surface area contributed by atoms with Gasteiger partial charge in [-0.1, -0.05) is 6.07 Å². The lowest BCUT2D eigenvalue weighted by atomic mass is 10.0. The Labute approximate surface area is 157 Å². The van der Waals surface area contributed by atoms with Crippen LogP contribution in [-0.4, -0.2) is 72.2 Å². The van der Waals surface area contributed by atoms with E-state index in [0.717, 1.165) is 30.2 Å². The Morgan fingerprint density at radius 1 is 1.07 bits per heavy atom. The number of carbonyl (C=O) groups is 4. The number of carbonyl (C=O) groups excluding carboxylic acids is 4. The highest BCUT2D eigenvalue weighted by Gasteiger charge is 2.46. The van der Waals surface area contributed by atoms with Gasteiger partial charge in [-0.25, -0.2) is 0 Å². The maximum Gasteiger partial charge on any atom is 0.264 e. The number of hydrogen-bond acceptors (Lipinski definition) is 6. The van der Waals surface area contributed by atoms with E-state index in [1.54, 1.807) is 12.1 Å². The second kappa shape index (κ2) is 6.45. The van der Waals surface area contributed by atoms with E-state index in [1.165, 1.54) is 0 Å². The molecule has 0 bridgehead atoms. The molecule has 3 aliphatic rings. The predicted molar refractivity (Wildman–Crippen MR) is 97.4 cm³/mol. The van der Waals surface area contributed by atoms with E-state index in [4.69, 9.17) is 0 Å². The van der Waals surface area contributed by atoms with Gasteiger partial charge in [0.15, 0.2) is 0 Å². The summed E-state index contributed by atoms with van der Waals surface area (Å²) in [5.74, 6) is -1.88. The number of nitrogens with zero attached hydrogens (tertiary/aromatic N) is 3. The summed E-state index contributed by atoms with van der Waals surface area (Å²) in [6.45, 7) is 4.51. The van der Waals surface area contributed by atoms with Crippen molar-refractivity contribution < 1.29 is 19.2 Å². The Kier molecular flexibility index (Phi) is 4.22. The van der Waals surface area contributed by atoms with Gasteiger partial charge < -0.3 is 9.80 Å². The average molecular weight is 370 g/mol. The molecule has 2 saturated heterocycles. The summed E-state index contributed by atoms with van der Waals surface area (Å²) in [7, 11) is 2.07. The topological polar surface area (TPSA) is 90.0 Å². The van der Waals surface area contributed by atoms with Crippen molar-refractivity contribution in [3.8, 4) is 0 Å². The van der Waals surface area contributed by atoms with Crippen LogP contribution in [0.4, 0.5) is 5.69 Å². The fraction of sp³-hybridized carbons (Fsp3) is 0.474. The Bertz CT molecular complexity index is 852. The molecule has 8 nitrogen and oxygen atoms in total. The van der Waals surface area contributed by atoms with Crippen LogP contribution in [0, 0.1) is 0 Å². The van der Waals surface area contributed by atoms with Gasteiger partial charge in [0.1, 0.15) is 6.04 Å². The molecule has 0 radical (unpaired) electrons. The lowest BCUT2D eigenvalue weighted by molar-refractivity contribution is -0.136. The predicted octanol–water partition coefficient (Wildman–Crippen LogP) is 0.228. The van der Waals surface area contributed by atoms with Crippen molar-refractivity contribution in [2.75, 3.05) is 31.6 Å². The first-order chi connectivity index (χ1) is 12.9. The molecule has 3 aliphatic heterocycles. The summed E-state index contributed by atoms with van der Waals surface area (Å²) in [5, 5.41) is 2.22. The molecule has 4 rings (SSSR count).